The molecule has 1 heterocycles. The number of carbonyl (C=O) groups excluding carboxylic acids is 2. The Morgan fingerprint density at radius 1 is 1.08 bits per heavy atom. The SMILES string of the molecule is O=C(O)CC[C@H](NC(=O)CCCC[C@@H]1CCSS1)C(=O)NCC(=O)O. The Morgan fingerprint density at radius 2 is 1.84 bits per heavy atom. The first-order chi connectivity index (χ1) is 11.9. The van der Waals surface area contributed by atoms with Gasteiger partial charge in [-0.3, -0.25) is 19.2 Å². The van der Waals surface area contributed by atoms with E-state index in [-0.39, 0.29) is 25.2 Å². The predicted octanol–water partition coefficient (Wildman–Crippen LogP) is 1.25. The van der Waals surface area contributed by atoms with Gasteiger partial charge in [-0.2, -0.15) is 0 Å². The summed E-state index contributed by atoms with van der Waals surface area (Å²) in [6, 6.07) is -1.04. The van der Waals surface area contributed by atoms with Gasteiger partial charge in [0.15, 0.2) is 0 Å². The van der Waals surface area contributed by atoms with E-state index in [9.17, 15) is 19.2 Å². The third-order valence-electron chi connectivity index (χ3n) is 3.62. The van der Waals surface area contributed by atoms with Crippen LogP contribution in [-0.2, 0) is 19.2 Å². The number of hydrogen-bond donors (Lipinski definition) is 4. The number of carboxylic acids is 2. The maximum absolute atomic E-state index is 12.0. The van der Waals surface area contributed by atoms with E-state index in [1.807, 2.05) is 21.6 Å². The van der Waals surface area contributed by atoms with Crippen molar-refractivity contribution in [2.75, 3.05) is 12.3 Å². The summed E-state index contributed by atoms with van der Waals surface area (Å²) in [4.78, 5) is 45.1. The van der Waals surface area contributed by atoms with Crippen LogP contribution in [0, 0.1) is 0 Å². The molecule has 0 radical (unpaired) electrons. The summed E-state index contributed by atoms with van der Waals surface area (Å²) in [5.41, 5.74) is 0. The molecule has 25 heavy (non-hydrogen) atoms. The van der Waals surface area contributed by atoms with Crippen molar-refractivity contribution >= 4 is 45.3 Å². The van der Waals surface area contributed by atoms with E-state index in [1.54, 1.807) is 0 Å². The predicted molar refractivity (Wildman–Crippen MR) is 96.4 cm³/mol. The standard InChI is InChI=1S/C15H24N2O6S2/c18-12(4-2-1-3-10-7-8-24-25-10)17-11(5-6-13(19)20)15(23)16-9-14(21)22/h10-11H,1-9H2,(H,16,23)(H,17,18)(H,19,20)(H,21,22)/t10-,11+/m1/s1. The van der Waals surface area contributed by atoms with Crippen molar-refractivity contribution in [1.29, 1.82) is 0 Å². The Bertz CT molecular complexity index is 483. The zero-order valence-corrected chi connectivity index (χ0v) is 15.5. The third-order valence-corrected chi connectivity index (χ3v) is 6.63. The number of hydrogen-bond acceptors (Lipinski definition) is 6. The van der Waals surface area contributed by atoms with Crippen molar-refractivity contribution in [1.82, 2.24) is 10.6 Å². The molecule has 0 aromatic rings. The van der Waals surface area contributed by atoms with Gasteiger partial charge in [-0.15, -0.1) is 0 Å². The molecule has 142 valence electrons. The van der Waals surface area contributed by atoms with Crippen molar-refractivity contribution in [2.24, 2.45) is 0 Å². The lowest BCUT2D eigenvalue weighted by atomic mass is 10.1. The lowest BCUT2D eigenvalue weighted by Gasteiger charge is -2.17. The van der Waals surface area contributed by atoms with Gasteiger partial charge in [0.2, 0.25) is 11.8 Å². The number of amides is 2. The van der Waals surface area contributed by atoms with Gasteiger partial charge < -0.3 is 20.8 Å². The van der Waals surface area contributed by atoms with Crippen molar-refractivity contribution in [2.45, 2.75) is 56.2 Å². The van der Waals surface area contributed by atoms with E-state index in [2.05, 4.69) is 10.6 Å². The Kier molecular flexibility index (Phi) is 10.4. The zero-order valence-electron chi connectivity index (χ0n) is 13.9. The second-order valence-corrected chi connectivity index (χ2v) is 8.53. The molecule has 0 aromatic carbocycles. The molecule has 10 heteroatoms. The monoisotopic (exact) mass is 392 g/mol. The van der Waals surface area contributed by atoms with Gasteiger partial charge in [-0.25, -0.2) is 0 Å². The minimum Gasteiger partial charge on any atom is -0.481 e. The van der Waals surface area contributed by atoms with Gasteiger partial charge in [0, 0.05) is 23.8 Å². The number of carboxylic acid groups (broad SMARTS) is 2. The summed E-state index contributed by atoms with van der Waals surface area (Å²) in [7, 11) is 3.77. The van der Waals surface area contributed by atoms with Crippen LogP contribution in [0.4, 0.5) is 0 Å². The molecule has 1 saturated heterocycles. The molecule has 1 aliphatic heterocycles. The molecule has 0 aliphatic carbocycles. The van der Waals surface area contributed by atoms with Gasteiger partial charge in [-0.05, 0) is 25.7 Å². The molecular weight excluding hydrogens is 368 g/mol. The second-order valence-electron chi connectivity index (χ2n) is 5.74. The van der Waals surface area contributed by atoms with Gasteiger partial charge >= 0.3 is 11.9 Å². The molecule has 0 spiro atoms. The molecule has 2 atom stereocenters. The minimum absolute atomic E-state index is 0.0809. The highest BCUT2D eigenvalue weighted by molar-refractivity contribution is 8.77. The van der Waals surface area contributed by atoms with E-state index in [0.29, 0.717) is 11.7 Å². The lowest BCUT2D eigenvalue weighted by molar-refractivity contribution is -0.140. The van der Waals surface area contributed by atoms with E-state index < -0.39 is 30.4 Å². The van der Waals surface area contributed by atoms with Crippen LogP contribution in [0.15, 0.2) is 0 Å². The van der Waals surface area contributed by atoms with E-state index in [0.717, 1.165) is 12.8 Å². The highest BCUT2D eigenvalue weighted by atomic mass is 33.1. The van der Waals surface area contributed by atoms with Crippen molar-refractivity contribution in [3.63, 3.8) is 0 Å². The van der Waals surface area contributed by atoms with Crippen LogP contribution in [-0.4, -0.2) is 57.6 Å². The Hall–Kier alpha value is -1.42. The highest BCUT2D eigenvalue weighted by Crippen LogP contribution is 2.39. The number of nitrogens with one attached hydrogen (secondary N) is 2. The average molecular weight is 392 g/mol. The van der Waals surface area contributed by atoms with Crippen LogP contribution in [0.5, 0.6) is 0 Å². The van der Waals surface area contributed by atoms with E-state index in [4.69, 9.17) is 10.2 Å². The van der Waals surface area contributed by atoms with Gasteiger partial charge in [-0.1, -0.05) is 28.0 Å². The molecule has 0 bridgehead atoms. The third kappa shape index (κ3) is 10.2. The number of carbonyl (C=O) groups is 4. The maximum atomic E-state index is 12.0. The Labute approximate surface area is 154 Å². The van der Waals surface area contributed by atoms with Crippen LogP contribution in [0.25, 0.3) is 0 Å². The van der Waals surface area contributed by atoms with Gasteiger partial charge in [0.25, 0.3) is 0 Å². The number of unbranched alkanes of at least 4 members (excludes halogenated alkanes) is 1. The maximum Gasteiger partial charge on any atom is 0.322 e. The molecule has 1 fully saturated rings. The number of aliphatic carboxylic acids is 2. The summed E-state index contributed by atoms with van der Waals surface area (Å²) in [5, 5.41) is 22.6. The van der Waals surface area contributed by atoms with Crippen LogP contribution < -0.4 is 10.6 Å². The van der Waals surface area contributed by atoms with Crippen LogP contribution in [0.2, 0.25) is 0 Å². The second kappa shape index (κ2) is 12.0. The van der Waals surface area contributed by atoms with Crippen molar-refractivity contribution < 1.29 is 29.4 Å². The molecule has 8 nitrogen and oxygen atoms in total. The quantitative estimate of drug-likeness (QED) is 0.288. The first kappa shape index (κ1) is 21.6. The fourth-order valence-corrected chi connectivity index (χ4v) is 5.34. The first-order valence-electron chi connectivity index (χ1n) is 8.17. The zero-order chi connectivity index (χ0) is 18.7. The molecule has 0 saturated carbocycles. The smallest absolute Gasteiger partial charge is 0.322 e. The minimum atomic E-state index is -1.21. The molecule has 1 aliphatic rings. The molecule has 2 amide bonds. The van der Waals surface area contributed by atoms with E-state index >= 15 is 0 Å². The summed E-state index contributed by atoms with van der Waals surface area (Å²) >= 11 is 0. The Balaban J connectivity index is 2.34. The summed E-state index contributed by atoms with van der Waals surface area (Å²) in [5.74, 6) is -2.13. The van der Waals surface area contributed by atoms with Crippen LogP contribution in [0.1, 0.15) is 44.9 Å². The molecule has 4 N–H and O–H groups in total. The number of rotatable bonds is 12. The van der Waals surface area contributed by atoms with Crippen molar-refractivity contribution in [3.8, 4) is 0 Å². The van der Waals surface area contributed by atoms with Gasteiger partial charge in [0.1, 0.15) is 12.6 Å². The molecule has 0 unspecified atom stereocenters. The summed E-state index contributed by atoms with van der Waals surface area (Å²) in [6.45, 7) is -0.574. The summed E-state index contributed by atoms with van der Waals surface area (Å²) in [6.07, 6.45) is 3.78. The first-order valence-corrected chi connectivity index (χ1v) is 10.6. The molecular formula is C15H24N2O6S2. The van der Waals surface area contributed by atoms with Gasteiger partial charge in [0.05, 0.1) is 0 Å². The fraction of sp³-hybridized carbons (Fsp3) is 0.733. The summed E-state index contributed by atoms with van der Waals surface area (Å²) < 4.78 is 0. The molecule has 0 aromatic heterocycles. The van der Waals surface area contributed by atoms with Crippen LogP contribution in [0.3, 0.4) is 0 Å². The average Bonchev–Trinajstić information content (AvgIpc) is 3.06. The normalized spacial score (nSPS) is 17.7. The van der Waals surface area contributed by atoms with Crippen LogP contribution >= 0.6 is 21.6 Å². The van der Waals surface area contributed by atoms with E-state index in [1.165, 1.54) is 12.2 Å². The molecule has 1 rings (SSSR count). The highest BCUT2D eigenvalue weighted by Gasteiger charge is 2.22. The van der Waals surface area contributed by atoms with Crippen molar-refractivity contribution in [3.05, 3.63) is 0 Å². The fourth-order valence-electron chi connectivity index (χ4n) is 2.31. The topological polar surface area (TPSA) is 133 Å². The largest absolute Gasteiger partial charge is 0.481 e. The lowest BCUT2D eigenvalue weighted by Crippen LogP contribution is -2.48. The Morgan fingerprint density at radius 3 is 2.44 bits per heavy atom.